The number of benzene rings is 2. The lowest BCUT2D eigenvalue weighted by atomic mass is 10.1. The summed E-state index contributed by atoms with van der Waals surface area (Å²) in [5, 5.41) is 4.70. The van der Waals surface area contributed by atoms with Crippen molar-refractivity contribution in [3.8, 4) is 5.75 Å². The van der Waals surface area contributed by atoms with E-state index in [2.05, 4.69) is 4.98 Å². The normalized spacial score (nSPS) is 13.1. The molecule has 0 saturated carbocycles. The predicted molar refractivity (Wildman–Crippen MR) is 104 cm³/mol. The number of thiazole rings is 1. The summed E-state index contributed by atoms with van der Waals surface area (Å²) in [4.78, 5) is 4.54. The number of hydrogen-bond acceptors (Lipinski definition) is 6. The lowest BCUT2D eigenvalue weighted by Gasteiger charge is -2.14. The van der Waals surface area contributed by atoms with Crippen LogP contribution in [0.15, 0.2) is 46.8 Å². The van der Waals surface area contributed by atoms with Crippen LogP contribution in [0.4, 0.5) is 0 Å². The van der Waals surface area contributed by atoms with Crippen molar-refractivity contribution in [2.45, 2.75) is 16.5 Å². The lowest BCUT2D eigenvalue weighted by molar-refractivity contribution is 0.415. The first-order valence-corrected chi connectivity index (χ1v) is 10.9. The Morgan fingerprint density at radius 2 is 2.08 bits per heavy atom. The number of nitrogens with zero attached hydrogens (tertiary/aromatic N) is 1. The lowest BCUT2D eigenvalue weighted by Crippen LogP contribution is -2.23. The van der Waals surface area contributed by atoms with Crippen LogP contribution in [0.1, 0.15) is 16.4 Å². The first-order chi connectivity index (χ1) is 11.9. The van der Waals surface area contributed by atoms with Crippen molar-refractivity contribution in [1.82, 2.24) is 4.98 Å². The SMILES string of the molecule is COc1ccc2nc(SCC(c3cccc(C)c3)S(N)(=O)=O)sc2c1. The number of nitrogens with two attached hydrogens (primary N) is 1. The number of ether oxygens (including phenoxy) is 1. The van der Waals surface area contributed by atoms with Gasteiger partial charge in [0.1, 0.15) is 11.0 Å². The molecule has 0 aliphatic rings. The van der Waals surface area contributed by atoms with E-state index >= 15 is 0 Å². The second-order valence-electron chi connectivity index (χ2n) is 5.62. The standard InChI is InChI=1S/C17H18N2O3S3/c1-11-4-3-5-12(8-11)16(25(18,20)21)10-23-17-19-14-7-6-13(22-2)9-15(14)24-17/h3-9,16H,10H2,1-2H3,(H2,18,20,21). The van der Waals surface area contributed by atoms with Gasteiger partial charge < -0.3 is 4.74 Å². The van der Waals surface area contributed by atoms with Gasteiger partial charge in [-0.05, 0) is 30.7 Å². The Kier molecular flexibility index (Phi) is 5.33. The molecular formula is C17H18N2O3S3. The van der Waals surface area contributed by atoms with Crippen LogP contribution < -0.4 is 9.88 Å². The molecule has 0 spiro atoms. The van der Waals surface area contributed by atoms with Gasteiger partial charge in [-0.15, -0.1) is 11.3 Å². The zero-order chi connectivity index (χ0) is 18.0. The molecule has 3 rings (SSSR count). The van der Waals surface area contributed by atoms with Gasteiger partial charge in [0, 0.05) is 5.75 Å². The second-order valence-corrected chi connectivity index (χ2v) is 9.66. The number of primary sulfonamides is 1. The molecule has 1 heterocycles. The molecule has 1 aromatic heterocycles. The van der Waals surface area contributed by atoms with E-state index in [0.717, 1.165) is 25.9 Å². The van der Waals surface area contributed by atoms with Crippen LogP contribution in [0.5, 0.6) is 5.75 Å². The molecule has 8 heteroatoms. The van der Waals surface area contributed by atoms with Crippen molar-refractivity contribution < 1.29 is 13.2 Å². The number of thioether (sulfide) groups is 1. The molecule has 2 N–H and O–H groups in total. The topological polar surface area (TPSA) is 82.3 Å². The van der Waals surface area contributed by atoms with Gasteiger partial charge in [0.2, 0.25) is 10.0 Å². The zero-order valence-corrected chi connectivity index (χ0v) is 16.2. The predicted octanol–water partition coefficient (Wildman–Crippen LogP) is 3.74. The number of rotatable bonds is 6. The van der Waals surface area contributed by atoms with Gasteiger partial charge in [-0.25, -0.2) is 18.5 Å². The Bertz CT molecular complexity index is 999. The average molecular weight is 395 g/mol. The minimum Gasteiger partial charge on any atom is -0.497 e. The summed E-state index contributed by atoms with van der Waals surface area (Å²) in [5.41, 5.74) is 2.58. The molecule has 1 unspecified atom stereocenters. The van der Waals surface area contributed by atoms with Crippen LogP contribution in [0.2, 0.25) is 0 Å². The maximum Gasteiger partial charge on any atom is 0.216 e. The number of methoxy groups -OCH3 is 1. The van der Waals surface area contributed by atoms with Gasteiger partial charge in [0.15, 0.2) is 4.34 Å². The van der Waals surface area contributed by atoms with Gasteiger partial charge in [-0.3, -0.25) is 0 Å². The summed E-state index contributed by atoms with van der Waals surface area (Å²) in [6.45, 7) is 1.93. The van der Waals surface area contributed by atoms with Crippen molar-refractivity contribution in [2.75, 3.05) is 12.9 Å². The Hall–Kier alpha value is -1.61. The van der Waals surface area contributed by atoms with Crippen LogP contribution in [0.3, 0.4) is 0 Å². The van der Waals surface area contributed by atoms with Crippen molar-refractivity contribution >= 4 is 43.3 Å². The molecule has 0 amide bonds. The maximum absolute atomic E-state index is 12.1. The van der Waals surface area contributed by atoms with E-state index in [4.69, 9.17) is 9.88 Å². The molecule has 1 atom stereocenters. The second kappa shape index (κ2) is 7.33. The van der Waals surface area contributed by atoms with Gasteiger partial charge >= 0.3 is 0 Å². The molecule has 132 valence electrons. The first-order valence-electron chi connectivity index (χ1n) is 7.52. The van der Waals surface area contributed by atoms with E-state index in [-0.39, 0.29) is 0 Å². The average Bonchev–Trinajstić information content (AvgIpc) is 2.95. The van der Waals surface area contributed by atoms with Crippen LogP contribution in [-0.2, 0) is 10.0 Å². The molecule has 0 fully saturated rings. The Morgan fingerprint density at radius 1 is 1.28 bits per heavy atom. The van der Waals surface area contributed by atoms with Crippen LogP contribution >= 0.6 is 23.1 Å². The summed E-state index contributed by atoms with van der Waals surface area (Å²) >= 11 is 2.92. The Labute approximate surface area is 155 Å². The summed E-state index contributed by atoms with van der Waals surface area (Å²) in [6, 6.07) is 13.1. The fraction of sp³-hybridized carbons (Fsp3) is 0.235. The quantitative estimate of drug-likeness (QED) is 0.644. The third-order valence-corrected chi connectivity index (χ3v) is 7.44. The largest absolute Gasteiger partial charge is 0.497 e. The molecule has 5 nitrogen and oxygen atoms in total. The van der Waals surface area contributed by atoms with Gasteiger partial charge in [-0.1, -0.05) is 41.6 Å². The van der Waals surface area contributed by atoms with Crippen LogP contribution in [-0.4, -0.2) is 26.3 Å². The number of fused-ring (bicyclic) bond motifs is 1. The van der Waals surface area contributed by atoms with Crippen molar-refractivity contribution in [2.24, 2.45) is 5.14 Å². The summed E-state index contributed by atoms with van der Waals surface area (Å²) in [6.07, 6.45) is 0. The van der Waals surface area contributed by atoms with Gasteiger partial charge in [0.25, 0.3) is 0 Å². The summed E-state index contributed by atoms with van der Waals surface area (Å²) < 4.78 is 31.1. The third-order valence-electron chi connectivity index (χ3n) is 3.74. The molecule has 2 aromatic carbocycles. The van der Waals surface area contributed by atoms with E-state index in [9.17, 15) is 8.42 Å². The Balaban J connectivity index is 1.84. The van der Waals surface area contributed by atoms with E-state index in [1.165, 1.54) is 23.1 Å². The molecule has 0 aliphatic carbocycles. The number of sulfonamides is 1. The Morgan fingerprint density at radius 3 is 2.76 bits per heavy atom. The molecule has 0 bridgehead atoms. The van der Waals surface area contributed by atoms with Crippen molar-refractivity contribution in [3.05, 3.63) is 53.6 Å². The highest BCUT2D eigenvalue weighted by atomic mass is 32.2. The smallest absolute Gasteiger partial charge is 0.216 e. The van der Waals surface area contributed by atoms with E-state index in [1.54, 1.807) is 13.2 Å². The third kappa shape index (κ3) is 4.33. The van der Waals surface area contributed by atoms with Gasteiger partial charge in [0.05, 0.1) is 17.3 Å². The number of aromatic nitrogens is 1. The van der Waals surface area contributed by atoms with E-state index in [1.807, 2.05) is 43.3 Å². The van der Waals surface area contributed by atoms with Crippen LogP contribution in [0.25, 0.3) is 10.2 Å². The fourth-order valence-electron chi connectivity index (χ4n) is 2.47. The molecule has 0 aliphatic heterocycles. The number of aryl methyl sites for hydroxylation is 1. The summed E-state index contributed by atoms with van der Waals surface area (Å²) in [7, 11) is -2.09. The molecule has 3 aromatic rings. The van der Waals surface area contributed by atoms with E-state index < -0.39 is 15.3 Å². The zero-order valence-electron chi connectivity index (χ0n) is 13.8. The van der Waals surface area contributed by atoms with E-state index in [0.29, 0.717) is 11.3 Å². The fourth-order valence-corrected chi connectivity index (χ4v) is 6.04. The molecular weight excluding hydrogens is 376 g/mol. The highest BCUT2D eigenvalue weighted by Crippen LogP contribution is 2.35. The first kappa shape index (κ1) is 18.2. The minimum absolute atomic E-state index is 0.319. The highest BCUT2D eigenvalue weighted by Gasteiger charge is 2.24. The molecule has 0 radical (unpaired) electrons. The van der Waals surface area contributed by atoms with Crippen molar-refractivity contribution in [3.63, 3.8) is 0 Å². The maximum atomic E-state index is 12.1. The van der Waals surface area contributed by atoms with Gasteiger partial charge in [-0.2, -0.15) is 0 Å². The molecule has 0 saturated heterocycles. The monoisotopic (exact) mass is 394 g/mol. The highest BCUT2D eigenvalue weighted by molar-refractivity contribution is 8.02. The van der Waals surface area contributed by atoms with Crippen LogP contribution in [0, 0.1) is 6.92 Å². The minimum atomic E-state index is -3.71. The van der Waals surface area contributed by atoms with Crippen molar-refractivity contribution in [1.29, 1.82) is 0 Å². The summed E-state index contributed by atoms with van der Waals surface area (Å²) in [5.74, 6) is 1.09. The number of hydrogen-bond donors (Lipinski definition) is 1. The molecule has 25 heavy (non-hydrogen) atoms.